The molecule has 0 aliphatic heterocycles. The molecule has 0 saturated heterocycles. The lowest BCUT2D eigenvalue weighted by Gasteiger charge is -2.11. The third-order valence-corrected chi connectivity index (χ3v) is 4.71. The molecule has 1 unspecified atom stereocenters. The first-order chi connectivity index (χ1) is 12.3. The van der Waals surface area contributed by atoms with Crippen molar-refractivity contribution < 1.29 is 26.9 Å². The molecule has 1 heterocycles. The monoisotopic (exact) mass is 382 g/mol. The Morgan fingerprint density at radius 1 is 1.12 bits per heavy atom. The molecule has 2 aromatic carbocycles. The summed E-state index contributed by atoms with van der Waals surface area (Å²) in [6, 6.07) is 8.15. The third-order valence-electron chi connectivity index (χ3n) is 3.63. The molecule has 3 aromatic rings. The SMILES string of the molecule is CN(C)c1ccc2cc(C(=O)N[S+]([O-])c3ccc(F)c(F)c3F)oc2c1. The summed E-state index contributed by atoms with van der Waals surface area (Å²) in [5.41, 5.74) is 1.29. The van der Waals surface area contributed by atoms with Crippen LogP contribution < -0.4 is 9.62 Å². The predicted molar refractivity (Wildman–Crippen MR) is 90.7 cm³/mol. The Balaban J connectivity index is 1.83. The summed E-state index contributed by atoms with van der Waals surface area (Å²) in [5, 5.41) is 0.644. The Labute approximate surface area is 149 Å². The topological polar surface area (TPSA) is 68.5 Å². The number of benzene rings is 2. The fourth-order valence-electron chi connectivity index (χ4n) is 2.25. The predicted octanol–water partition coefficient (Wildman–Crippen LogP) is 3.37. The fraction of sp³-hybridized carbons (Fsp3) is 0.118. The second kappa shape index (κ2) is 6.93. The minimum Gasteiger partial charge on any atom is -0.588 e. The Morgan fingerprint density at radius 2 is 1.85 bits per heavy atom. The minimum absolute atomic E-state index is 0.146. The minimum atomic E-state index is -2.43. The number of hydrogen-bond donors (Lipinski definition) is 1. The second-order valence-corrected chi connectivity index (χ2v) is 6.78. The van der Waals surface area contributed by atoms with Crippen LogP contribution in [0.25, 0.3) is 11.0 Å². The normalized spacial score (nSPS) is 12.2. The first-order valence-corrected chi connectivity index (χ1v) is 8.50. The molecular formula is C17H13F3N2O3S. The van der Waals surface area contributed by atoms with Gasteiger partial charge in [-0.3, -0.25) is 4.79 Å². The molecule has 3 rings (SSSR count). The van der Waals surface area contributed by atoms with E-state index in [4.69, 9.17) is 4.42 Å². The number of fused-ring (bicyclic) bond motifs is 1. The van der Waals surface area contributed by atoms with Crippen molar-refractivity contribution in [3.05, 3.63) is 59.6 Å². The Bertz CT molecular complexity index is 991. The smallest absolute Gasteiger partial charge is 0.328 e. The van der Waals surface area contributed by atoms with Gasteiger partial charge in [-0.1, -0.05) is 0 Å². The Kier molecular flexibility index (Phi) is 4.84. The van der Waals surface area contributed by atoms with Gasteiger partial charge < -0.3 is 13.9 Å². The lowest BCUT2D eigenvalue weighted by atomic mass is 10.2. The van der Waals surface area contributed by atoms with Crippen molar-refractivity contribution in [3.8, 4) is 0 Å². The van der Waals surface area contributed by atoms with Crippen LogP contribution in [0.3, 0.4) is 0 Å². The molecule has 0 fully saturated rings. The molecule has 0 aliphatic rings. The van der Waals surface area contributed by atoms with Crippen molar-refractivity contribution in [2.45, 2.75) is 4.90 Å². The van der Waals surface area contributed by atoms with Gasteiger partial charge >= 0.3 is 5.91 Å². The van der Waals surface area contributed by atoms with Crippen LogP contribution in [0.5, 0.6) is 0 Å². The first kappa shape index (κ1) is 18.2. The summed E-state index contributed by atoms with van der Waals surface area (Å²) in [4.78, 5) is 13.4. The number of hydrogen-bond acceptors (Lipinski definition) is 4. The molecule has 0 radical (unpaired) electrons. The summed E-state index contributed by atoms with van der Waals surface area (Å²) in [7, 11) is 3.69. The quantitative estimate of drug-likeness (QED) is 0.555. The number of amides is 1. The van der Waals surface area contributed by atoms with Gasteiger partial charge in [0, 0.05) is 37.3 Å². The maximum atomic E-state index is 13.7. The Hall–Kier alpha value is -2.65. The molecular weight excluding hydrogens is 369 g/mol. The number of furan rings is 1. The van der Waals surface area contributed by atoms with Gasteiger partial charge in [0.05, 0.1) is 0 Å². The number of rotatable bonds is 4. The number of nitrogens with zero attached hydrogens (tertiary/aromatic N) is 1. The maximum Gasteiger partial charge on any atom is 0.328 e. The number of anilines is 1. The average molecular weight is 382 g/mol. The van der Waals surface area contributed by atoms with Crippen LogP contribution in [0.15, 0.2) is 45.7 Å². The molecule has 0 saturated carbocycles. The molecule has 1 aromatic heterocycles. The number of carbonyl (C=O) groups is 1. The van der Waals surface area contributed by atoms with Crippen LogP contribution in [0.4, 0.5) is 18.9 Å². The van der Waals surface area contributed by atoms with E-state index in [1.807, 2.05) is 29.8 Å². The zero-order valence-electron chi connectivity index (χ0n) is 13.7. The van der Waals surface area contributed by atoms with E-state index in [0.29, 0.717) is 17.0 Å². The highest BCUT2D eigenvalue weighted by atomic mass is 32.2. The van der Waals surface area contributed by atoms with E-state index in [1.54, 1.807) is 12.1 Å². The highest BCUT2D eigenvalue weighted by Gasteiger charge is 2.26. The molecule has 1 amide bonds. The van der Waals surface area contributed by atoms with Crippen molar-refractivity contribution in [3.63, 3.8) is 0 Å². The molecule has 0 spiro atoms. The van der Waals surface area contributed by atoms with Gasteiger partial charge in [0.2, 0.25) is 10.7 Å². The van der Waals surface area contributed by atoms with Crippen molar-refractivity contribution in [1.29, 1.82) is 0 Å². The van der Waals surface area contributed by atoms with E-state index in [-0.39, 0.29) is 5.76 Å². The van der Waals surface area contributed by atoms with Crippen molar-refractivity contribution in [2.75, 3.05) is 19.0 Å². The summed E-state index contributed by atoms with van der Waals surface area (Å²) >= 11 is -2.43. The molecule has 26 heavy (non-hydrogen) atoms. The number of carbonyl (C=O) groups excluding carboxylic acids is 1. The number of nitrogens with one attached hydrogen (secondary N) is 1. The van der Waals surface area contributed by atoms with Gasteiger partial charge in [0.15, 0.2) is 17.4 Å². The van der Waals surface area contributed by atoms with Crippen molar-refractivity contribution in [1.82, 2.24) is 4.72 Å². The van der Waals surface area contributed by atoms with Crippen molar-refractivity contribution >= 4 is 33.9 Å². The van der Waals surface area contributed by atoms with E-state index in [9.17, 15) is 22.5 Å². The maximum absolute atomic E-state index is 13.7. The van der Waals surface area contributed by atoms with E-state index in [1.165, 1.54) is 6.07 Å². The number of halogens is 3. The van der Waals surface area contributed by atoms with Crippen LogP contribution in [0.2, 0.25) is 0 Å². The van der Waals surface area contributed by atoms with Gasteiger partial charge in [0.1, 0.15) is 16.9 Å². The van der Waals surface area contributed by atoms with Gasteiger partial charge in [-0.25, -0.2) is 8.78 Å². The zero-order valence-corrected chi connectivity index (χ0v) is 14.5. The summed E-state index contributed by atoms with van der Waals surface area (Å²) in [6.07, 6.45) is 0. The molecule has 136 valence electrons. The second-order valence-electron chi connectivity index (χ2n) is 5.60. The molecule has 9 heteroatoms. The summed E-state index contributed by atoms with van der Waals surface area (Å²) in [6.45, 7) is 0. The van der Waals surface area contributed by atoms with Crippen LogP contribution in [-0.4, -0.2) is 24.6 Å². The average Bonchev–Trinajstić information content (AvgIpc) is 3.03. The highest BCUT2D eigenvalue weighted by Crippen LogP contribution is 2.25. The van der Waals surface area contributed by atoms with Crippen LogP contribution in [0, 0.1) is 17.5 Å². The Morgan fingerprint density at radius 3 is 2.54 bits per heavy atom. The standard InChI is InChI=1S/C17H13F3N2O3S/c1-22(2)10-4-3-9-7-13(25-12(9)8-10)17(23)21-26(24)14-6-5-11(18)15(19)16(14)20/h3-8H,1-2H3,(H,21,23). The van der Waals surface area contributed by atoms with Gasteiger partial charge in [0.25, 0.3) is 0 Å². The van der Waals surface area contributed by atoms with E-state index in [0.717, 1.165) is 11.8 Å². The summed E-state index contributed by atoms with van der Waals surface area (Å²) in [5.74, 6) is -5.82. The molecule has 1 atom stereocenters. The van der Waals surface area contributed by atoms with Crippen molar-refractivity contribution in [2.24, 2.45) is 0 Å². The molecule has 0 bridgehead atoms. The lowest BCUT2D eigenvalue weighted by molar-refractivity contribution is 0.0956. The van der Waals surface area contributed by atoms with Gasteiger partial charge in [-0.05, 0) is 24.3 Å². The van der Waals surface area contributed by atoms with E-state index < -0.39 is 39.6 Å². The highest BCUT2D eigenvalue weighted by molar-refractivity contribution is 7.90. The van der Waals surface area contributed by atoms with E-state index >= 15 is 0 Å². The van der Waals surface area contributed by atoms with Gasteiger partial charge in [-0.2, -0.15) is 9.11 Å². The van der Waals surface area contributed by atoms with Crippen LogP contribution in [0.1, 0.15) is 10.6 Å². The molecule has 0 aliphatic carbocycles. The molecule has 5 nitrogen and oxygen atoms in total. The van der Waals surface area contributed by atoms with E-state index in [2.05, 4.69) is 0 Å². The van der Waals surface area contributed by atoms with Crippen LogP contribution >= 0.6 is 0 Å². The summed E-state index contributed by atoms with van der Waals surface area (Å²) < 4.78 is 59.3. The first-order valence-electron chi connectivity index (χ1n) is 7.35. The molecule has 1 N–H and O–H groups in total. The zero-order chi connectivity index (χ0) is 19.0. The van der Waals surface area contributed by atoms with Crippen LogP contribution in [-0.2, 0) is 11.4 Å². The fourth-order valence-corrected chi connectivity index (χ4v) is 3.07. The largest absolute Gasteiger partial charge is 0.588 e. The van der Waals surface area contributed by atoms with Gasteiger partial charge in [-0.15, -0.1) is 0 Å². The lowest BCUT2D eigenvalue weighted by Crippen LogP contribution is -2.31. The third kappa shape index (κ3) is 3.35.